The van der Waals surface area contributed by atoms with E-state index >= 15 is 0 Å². The first-order chi connectivity index (χ1) is 9.86. The van der Waals surface area contributed by atoms with Crippen molar-refractivity contribution < 1.29 is 9.47 Å². The van der Waals surface area contributed by atoms with Crippen molar-refractivity contribution >= 4 is 46.1 Å². The summed E-state index contributed by atoms with van der Waals surface area (Å²) in [5.74, 6) is 0.695. The summed E-state index contributed by atoms with van der Waals surface area (Å²) < 4.78 is 9.94. The third-order valence-electron chi connectivity index (χ3n) is 3.14. The van der Waals surface area contributed by atoms with Crippen LogP contribution in [0.2, 0.25) is 0 Å². The first-order valence-corrected chi connectivity index (χ1v) is 8.29. The molecule has 0 saturated carbocycles. The number of halogens is 3. The second-order valence-corrected chi connectivity index (χ2v) is 8.30. The van der Waals surface area contributed by atoms with Crippen LogP contribution in [0.5, 0.6) is 10.9 Å². The Morgan fingerprint density at radius 2 is 2.19 bits per heavy atom. The first-order valence-electron chi connectivity index (χ1n) is 6.28. The maximum Gasteiger partial charge on any atom is 0.278 e. The lowest BCUT2D eigenvalue weighted by Gasteiger charge is -2.18. The highest BCUT2D eigenvalue weighted by molar-refractivity contribution is 7.11. The molecule has 1 fully saturated rings. The normalized spacial score (nSPS) is 21.3. The van der Waals surface area contributed by atoms with Gasteiger partial charge in [-0.15, -0.1) is 0 Å². The van der Waals surface area contributed by atoms with E-state index in [1.807, 2.05) is 36.6 Å². The Kier molecular flexibility index (Phi) is 4.10. The Labute approximate surface area is 141 Å². The maximum absolute atomic E-state index is 5.89. The molecule has 3 nitrogen and oxygen atoms in total. The number of rotatable bonds is 4. The van der Waals surface area contributed by atoms with Crippen LogP contribution >= 0.6 is 46.1 Å². The molecule has 0 radical (unpaired) electrons. The van der Waals surface area contributed by atoms with Crippen molar-refractivity contribution in [3.8, 4) is 10.9 Å². The maximum atomic E-state index is 5.89. The average molecular weight is 365 g/mol. The Hall–Kier alpha value is -0.520. The number of hydrogen-bond donors (Lipinski definition) is 0. The van der Waals surface area contributed by atoms with Crippen LogP contribution < -0.4 is 4.74 Å². The van der Waals surface area contributed by atoms with Gasteiger partial charge < -0.3 is 9.47 Å². The van der Waals surface area contributed by atoms with Crippen LogP contribution in [0, 0.1) is 6.92 Å². The molecule has 3 rings (SSSR count). The zero-order valence-corrected chi connectivity index (χ0v) is 14.2. The van der Waals surface area contributed by atoms with Gasteiger partial charge >= 0.3 is 0 Å². The van der Waals surface area contributed by atoms with E-state index in [2.05, 4.69) is 4.98 Å². The van der Waals surface area contributed by atoms with Crippen LogP contribution in [0.25, 0.3) is 0 Å². The fourth-order valence-corrected chi connectivity index (χ4v) is 3.42. The quantitative estimate of drug-likeness (QED) is 0.550. The molecule has 0 amide bonds. The van der Waals surface area contributed by atoms with Crippen LogP contribution in [0.15, 0.2) is 29.6 Å². The molecule has 1 aromatic heterocycles. The van der Waals surface area contributed by atoms with Crippen molar-refractivity contribution in [3.63, 3.8) is 0 Å². The summed E-state index contributed by atoms with van der Waals surface area (Å²) in [6.07, 6.45) is 0.310. The van der Waals surface area contributed by atoms with Gasteiger partial charge in [0.05, 0.1) is 12.3 Å². The van der Waals surface area contributed by atoms with E-state index in [0.717, 1.165) is 11.3 Å². The van der Waals surface area contributed by atoms with Gasteiger partial charge in [0, 0.05) is 11.8 Å². The third kappa shape index (κ3) is 3.82. The van der Waals surface area contributed by atoms with Gasteiger partial charge in [-0.2, -0.15) is 0 Å². The largest absolute Gasteiger partial charge is 0.431 e. The number of nitrogens with zero attached hydrogens (tertiary/aromatic N) is 1. The number of hydrogen-bond acceptors (Lipinski definition) is 4. The fourth-order valence-electron chi connectivity index (χ4n) is 2.10. The minimum Gasteiger partial charge on any atom is -0.431 e. The predicted octanol–water partition coefficient (Wildman–Crippen LogP) is 5.23. The Morgan fingerprint density at radius 3 is 2.76 bits per heavy atom. The molecule has 1 unspecified atom stereocenters. The summed E-state index contributed by atoms with van der Waals surface area (Å²) in [6.45, 7) is 2.47. The second-order valence-electron chi connectivity index (χ2n) is 4.96. The monoisotopic (exact) mass is 363 g/mol. The number of benzene rings is 1. The molecular formula is C14H12Cl3NO2S. The lowest BCUT2D eigenvalue weighted by atomic mass is 9.97. The fraction of sp³-hybridized carbons (Fsp3) is 0.357. The van der Waals surface area contributed by atoms with Crippen molar-refractivity contribution in [3.05, 3.63) is 40.9 Å². The van der Waals surface area contributed by atoms with Crippen molar-refractivity contribution in [1.82, 2.24) is 4.98 Å². The minimum atomic E-state index is -1.35. The van der Waals surface area contributed by atoms with Crippen molar-refractivity contribution in [1.29, 1.82) is 0 Å². The number of alkyl halides is 3. The number of aryl methyl sites for hydroxylation is 1. The highest BCUT2D eigenvalue weighted by atomic mass is 35.6. The van der Waals surface area contributed by atoms with Crippen LogP contribution in [-0.4, -0.2) is 15.4 Å². The molecule has 0 spiro atoms. The van der Waals surface area contributed by atoms with E-state index < -0.39 is 9.39 Å². The lowest BCUT2D eigenvalue weighted by Crippen LogP contribution is -2.18. The zero-order valence-electron chi connectivity index (χ0n) is 11.1. The number of thiazole rings is 1. The van der Waals surface area contributed by atoms with Gasteiger partial charge in [-0.05, 0) is 24.6 Å². The highest BCUT2D eigenvalue weighted by Gasteiger charge is 2.51. The van der Waals surface area contributed by atoms with Crippen molar-refractivity contribution in [2.45, 2.75) is 22.7 Å². The summed E-state index contributed by atoms with van der Waals surface area (Å²) in [7, 11) is 0. The summed E-state index contributed by atoms with van der Waals surface area (Å²) >= 11 is 19.1. The van der Waals surface area contributed by atoms with Gasteiger partial charge in [-0.3, -0.25) is 0 Å². The number of ether oxygens (including phenoxy) is 2. The molecule has 2 heterocycles. The van der Waals surface area contributed by atoms with Crippen LogP contribution in [0.3, 0.4) is 0 Å². The molecule has 7 heteroatoms. The van der Waals surface area contributed by atoms with Gasteiger partial charge in [-0.1, -0.05) is 58.3 Å². The summed E-state index contributed by atoms with van der Waals surface area (Å²) in [6, 6.07) is 7.61. The SMILES string of the molecule is Cc1csc(Oc2cccc(C3(CC(Cl)(Cl)Cl)CO3)c2)n1. The molecule has 1 aliphatic heterocycles. The second kappa shape index (κ2) is 5.60. The average Bonchev–Trinajstić information content (AvgIpc) is 3.04. The smallest absolute Gasteiger partial charge is 0.278 e. The van der Waals surface area contributed by atoms with Crippen molar-refractivity contribution in [2.75, 3.05) is 6.61 Å². The lowest BCUT2D eigenvalue weighted by molar-refractivity contribution is 0.294. The van der Waals surface area contributed by atoms with Gasteiger partial charge in [0.25, 0.3) is 5.19 Å². The third-order valence-corrected chi connectivity index (χ3v) is 4.38. The van der Waals surface area contributed by atoms with Gasteiger partial charge in [0.15, 0.2) is 3.79 Å². The minimum absolute atomic E-state index is 0.310. The van der Waals surface area contributed by atoms with Crippen molar-refractivity contribution in [2.24, 2.45) is 0 Å². The first kappa shape index (κ1) is 15.4. The summed E-state index contributed by atoms with van der Waals surface area (Å²) in [4.78, 5) is 4.27. The molecule has 0 bridgehead atoms. The number of epoxide rings is 1. The Morgan fingerprint density at radius 1 is 1.43 bits per heavy atom. The molecule has 1 aliphatic rings. The molecule has 1 atom stereocenters. The predicted molar refractivity (Wildman–Crippen MR) is 85.9 cm³/mol. The van der Waals surface area contributed by atoms with E-state index in [0.29, 0.717) is 24.0 Å². The summed E-state index contributed by atoms with van der Waals surface area (Å²) in [5, 5.41) is 2.55. The van der Waals surface area contributed by atoms with E-state index in [4.69, 9.17) is 44.3 Å². The zero-order chi connectivity index (χ0) is 15.1. The molecule has 1 aromatic carbocycles. The molecule has 0 N–H and O–H groups in total. The number of aromatic nitrogens is 1. The Balaban J connectivity index is 1.80. The van der Waals surface area contributed by atoms with Crippen LogP contribution in [-0.2, 0) is 10.3 Å². The summed E-state index contributed by atoms with van der Waals surface area (Å²) in [5.41, 5.74) is 1.35. The van der Waals surface area contributed by atoms with E-state index in [1.54, 1.807) is 0 Å². The van der Waals surface area contributed by atoms with E-state index in [-0.39, 0.29) is 0 Å². The molecule has 2 aromatic rings. The van der Waals surface area contributed by atoms with Gasteiger partial charge in [0.2, 0.25) is 0 Å². The topological polar surface area (TPSA) is 34.6 Å². The molecule has 1 saturated heterocycles. The Bertz CT molecular complexity index is 650. The van der Waals surface area contributed by atoms with Crippen LogP contribution in [0.4, 0.5) is 0 Å². The van der Waals surface area contributed by atoms with Crippen LogP contribution in [0.1, 0.15) is 17.7 Å². The van der Waals surface area contributed by atoms with E-state index in [9.17, 15) is 0 Å². The molecule has 112 valence electrons. The highest BCUT2D eigenvalue weighted by Crippen LogP contribution is 2.50. The molecule has 21 heavy (non-hydrogen) atoms. The van der Waals surface area contributed by atoms with Gasteiger partial charge in [0.1, 0.15) is 11.4 Å². The standard InChI is InChI=1S/C14H12Cl3NO2S/c1-9-6-21-12(18-9)20-11-4-2-3-10(5-11)13(8-19-13)7-14(15,16)17/h2-6H,7-8H2,1H3. The van der Waals surface area contributed by atoms with E-state index in [1.165, 1.54) is 11.3 Å². The van der Waals surface area contributed by atoms with Gasteiger partial charge in [-0.25, -0.2) is 4.98 Å². The molecular weight excluding hydrogens is 353 g/mol. The molecule has 0 aliphatic carbocycles.